The van der Waals surface area contributed by atoms with E-state index in [4.69, 9.17) is 0 Å². The molecule has 1 aliphatic rings. The molecule has 0 saturated heterocycles. The molecular weight excluding hydrogens is 295 g/mol. The number of carbonyl (C=O) groups excluding carboxylic acids is 1. The van der Waals surface area contributed by atoms with Gasteiger partial charge in [-0.3, -0.25) is 4.79 Å². The molecule has 0 radical (unpaired) electrons. The van der Waals surface area contributed by atoms with Gasteiger partial charge in [0, 0.05) is 12.3 Å². The van der Waals surface area contributed by atoms with Crippen molar-refractivity contribution in [2.24, 2.45) is 11.8 Å². The van der Waals surface area contributed by atoms with Crippen molar-refractivity contribution in [1.82, 2.24) is 0 Å². The Morgan fingerprint density at radius 2 is 2.22 bits per heavy atom. The molecular formula is C15H18BrFO. The molecule has 2 atom stereocenters. The first-order valence-electron chi connectivity index (χ1n) is 6.56. The van der Waals surface area contributed by atoms with E-state index in [1.807, 2.05) is 0 Å². The minimum absolute atomic E-state index is 0.126. The first-order chi connectivity index (χ1) is 8.60. The highest BCUT2D eigenvalue weighted by atomic mass is 79.9. The topological polar surface area (TPSA) is 17.1 Å². The maximum atomic E-state index is 13.2. The smallest absolute Gasteiger partial charge is 0.137 e. The van der Waals surface area contributed by atoms with Crippen molar-refractivity contribution in [3.63, 3.8) is 0 Å². The van der Waals surface area contributed by atoms with Crippen molar-refractivity contribution in [2.45, 2.75) is 39.0 Å². The minimum atomic E-state index is -0.250. The van der Waals surface area contributed by atoms with E-state index < -0.39 is 0 Å². The summed E-state index contributed by atoms with van der Waals surface area (Å²) >= 11 is 3.19. The Bertz CT molecular complexity index is 444. The molecule has 1 aliphatic carbocycles. The Morgan fingerprint density at radius 3 is 2.89 bits per heavy atom. The lowest BCUT2D eigenvalue weighted by Gasteiger charge is -2.27. The van der Waals surface area contributed by atoms with E-state index >= 15 is 0 Å². The van der Waals surface area contributed by atoms with Crippen LogP contribution in [0.25, 0.3) is 0 Å². The zero-order chi connectivity index (χ0) is 13.1. The van der Waals surface area contributed by atoms with Crippen LogP contribution in [0.2, 0.25) is 0 Å². The van der Waals surface area contributed by atoms with Crippen LogP contribution >= 0.6 is 15.9 Å². The van der Waals surface area contributed by atoms with Gasteiger partial charge in [-0.25, -0.2) is 4.39 Å². The fourth-order valence-electron chi connectivity index (χ4n) is 2.72. The average molecular weight is 313 g/mol. The molecule has 0 heterocycles. The molecule has 1 nitrogen and oxygen atoms in total. The molecule has 2 unspecified atom stereocenters. The van der Waals surface area contributed by atoms with Gasteiger partial charge >= 0.3 is 0 Å². The number of benzene rings is 1. The Hall–Kier alpha value is -0.700. The maximum Gasteiger partial charge on any atom is 0.137 e. The number of carbonyl (C=O) groups is 1. The summed E-state index contributed by atoms with van der Waals surface area (Å²) in [5, 5.41) is 0. The Kier molecular flexibility index (Phi) is 4.55. The SMILES string of the molecule is CCC1CCC(=O)C(Cc2ccc(F)c(Br)c2)C1. The van der Waals surface area contributed by atoms with Crippen LogP contribution in [0.1, 0.15) is 38.2 Å². The highest BCUT2D eigenvalue weighted by molar-refractivity contribution is 9.10. The lowest BCUT2D eigenvalue weighted by Crippen LogP contribution is -2.26. The number of rotatable bonds is 3. The number of hydrogen-bond donors (Lipinski definition) is 0. The summed E-state index contributed by atoms with van der Waals surface area (Å²) in [5.41, 5.74) is 1.04. The van der Waals surface area contributed by atoms with Gasteiger partial charge in [0.15, 0.2) is 0 Å². The molecule has 0 aliphatic heterocycles. The molecule has 1 aromatic carbocycles. The Labute approximate surface area is 116 Å². The van der Waals surface area contributed by atoms with Gasteiger partial charge in [-0.1, -0.05) is 19.4 Å². The van der Waals surface area contributed by atoms with Crippen molar-refractivity contribution in [1.29, 1.82) is 0 Å². The molecule has 3 heteroatoms. The van der Waals surface area contributed by atoms with Crippen LogP contribution in [0.5, 0.6) is 0 Å². The minimum Gasteiger partial charge on any atom is -0.299 e. The molecule has 1 saturated carbocycles. The third kappa shape index (κ3) is 3.19. The van der Waals surface area contributed by atoms with Gasteiger partial charge in [0.1, 0.15) is 11.6 Å². The van der Waals surface area contributed by atoms with Gasteiger partial charge in [-0.15, -0.1) is 0 Å². The van der Waals surface area contributed by atoms with Crippen LogP contribution in [-0.4, -0.2) is 5.78 Å². The molecule has 0 aromatic heterocycles. The van der Waals surface area contributed by atoms with Crippen LogP contribution in [0.3, 0.4) is 0 Å². The highest BCUT2D eigenvalue weighted by Crippen LogP contribution is 2.31. The predicted octanol–water partition coefficient (Wildman–Crippen LogP) is 4.53. The number of hydrogen-bond acceptors (Lipinski definition) is 1. The summed E-state index contributed by atoms with van der Waals surface area (Å²) in [6.07, 6.45) is 4.64. The zero-order valence-electron chi connectivity index (χ0n) is 10.6. The fraction of sp³-hybridized carbons (Fsp3) is 0.533. The van der Waals surface area contributed by atoms with E-state index in [1.54, 1.807) is 12.1 Å². The van der Waals surface area contributed by atoms with Gasteiger partial charge in [0.05, 0.1) is 4.47 Å². The lowest BCUT2D eigenvalue weighted by molar-refractivity contribution is -0.125. The summed E-state index contributed by atoms with van der Waals surface area (Å²) in [6, 6.07) is 5.03. The second-order valence-corrected chi connectivity index (χ2v) is 6.02. The second-order valence-electron chi connectivity index (χ2n) is 5.16. The molecule has 0 bridgehead atoms. The van der Waals surface area contributed by atoms with Crippen LogP contribution in [0, 0.1) is 17.7 Å². The van der Waals surface area contributed by atoms with Crippen molar-refractivity contribution in [2.75, 3.05) is 0 Å². The van der Waals surface area contributed by atoms with E-state index in [1.165, 1.54) is 6.07 Å². The third-order valence-electron chi connectivity index (χ3n) is 3.92. The van der Waals surface area contributed by atoms with Gasteiger partial charge in [-0.2, -0.15) is 0 Å². The largest absolute Gasteiger partial charge is 0.299 e. The Balaban J connectivity index is 2.07. The first-order valence-corrected chi connectivity index (χ1v) is 7.36. The molecule has 98 valence electrons. The highest BCUT2D eigenvalue weighted by Gasteiger charge is 2.27. The quantitative estimate of drug-likeness (QED) is 0.801. The zero-order valence-corrected chi connectivity index (χ0v) is 12.2. The van der Waals surface area contributed by atoms with Crippen LogP contribution < -0.4 is 0 Å². The van der Waals surface area contributed by atoms with E-state index in [-0.39, 0.29) is 11.7 Å². The molecule has 1 fully saturated rings. The summed E-state index contributed by atoms with van der Waals surface area (Å²) in [4.78, 5) is 11.9. The molecule has 1 aromatic rings. The summed E-state index contributed by atoms with van der Waals surface area (Å²) in [7, 11) is 0. The maximum absolute atomic E-state index is 13.2. The van der Waals surface area contributed by atoms with Crippen molar-refractivity contribution in [3.05, 3.63) is 34.1 Å². The number of Topliss-reactive ketones (excluding diaryl/α,β-unsaturated/α-hetero) is 1. The molecule has 0 spiro atoms. The van der Waals surface area contributed by atoms with Gasteiger partial charge in [0.25, 0.3) is 0 Å². The number of halogens is 2. The molecule has 0 amide bonds. The van der Waals surface area contributed by atoms with Crippen molar-refractivity contribution in [3.8, 4) is 0 Å². The van der Waals surface area contributed by atoms with Gasteiger partial charge in [-0.05, 0) is 58.8 Å². The number of ketones is 1. The van der Waals surface area contributed by atoms with Crippen LogP contribution in [-0.2, 0) is 11.2 Å². The predicted molar refractivity (Wildman–Crippen MR) is 73.9 cm³/mol. The molecule has 0 N–H and O–H groups in total. The van der Waals surface area contributed by atoms with E-state index in [2.05, 4.69) is 22.9 Å². The first kappa shape index (κ1) is 13.7. The normalized spacial score (nSPS) is 24.3. The summed E-state index contributed by atoms with van der Waals surface area (Å²) in [5.74, 6) is 0.929. The standard InChI is InChI=1S/C15H18BrFO/c1-2-10-4-6-15(18)12(7-10)8-11-3-5-14(17)13(16)9-11/h3,5,9-10,12H,2,4,6-8H2,1H3. The lowest BCUT2D eigenvalue weighted by atomic mass is 9.77. The fourth-order valence-corrected chi connectivity index (χ4v) is 3.15. The summed E-state index contributed by atoms with van der Waals surface area (Å²) < 4.78 is 13.6. The Morgan fingerprint density at radius 1 is 1.44 bits per heavy atom. The van der Waals surface area contributed by atoms with E-state index in [9.17, 15) is 9.18 Å². The average Bonchev–Trinajstić information content (AvgIpc) is 2.36. The van der Waals surface area contributed by atoms with Crippen molar-refractivity contribution < 1.29 is 9.18 Å². The summed E-state index contributed by atoms with van der Waals surface area (Å²) in [6.45, 7) is 2.19. The van der Waals surface area contributed by atoms with Gasteiger partial charge in [0.2, 0.25) is 0 Å². The van der Waals surface area contributed by atoms with Crippen molar-refractivity contribution >= 4 is 21.7 Å². The van der Waals surface area contributed by atoms with Crippen LogP contribution in [0.4, 0.5) is 4.39 Å². The van der Waals surface area contributed by atoms with E-state index in [0.717, 1.165) is 31.2 Å². The molecule has 18 heavy (non-hydrogen) atoms. The van der Waals surface area contributed by atoms with E-state index in [0.29, 0.717) is 22.6 Å². The molecule has 2 rings (SSSR count). The van der Waals surface area contributed by atoms with Crippen LogP contribution in [0.15, 0.2) is 22.7 Å². The monoisotopic (exact) mass is 312 g/mol. The third-order valence-corrected chi connectivity index (χ3v) is 4.52. The second kappa shape index (κ2) is 5.96. The van der Waals surface area contributed by atoms with Gasteiger partial charge < -0.3 is 0 Å².